The molecule has 9 heteroatoms. The summed E-state index contributed by atoms with van der Waals surface area (Å²) in [6, 6.07) is 17.3. The van der Waals surface area contributed by atoms with E-state index in [0.717, 1.165) is 36.4 Å². The van der Waals surface area contributed by atoms with E-state index in [1.54, 1.807) is 11.3 Å². The van der Waals surface area contributed by atoms with Gasteiger partial charge in [-0.1, -0.05) is 18.2 Å². The summed E-state index contributed by atoms with van der Waals surface area (Å²) >= 11 is 1.66. The molecule has 7 nitrogen and oxygen atoms in total. The van der Waals surface area contributed by atoms with Gasteiger partial charge in [-0.3, -0.25) is 4.57 Å². The lowest BCUT2D eigenvalue weighted by Crippen LogP contribution is -2.43. The lowest BCUT2D eigenvalue weighted by atomic mass is 10.0. The average Bonchev–Trinajstić information content (AvgIpc) is 3.45. The maximum atomic E-state index is 12.8. The zero-order valence-electron chi connectivity index (χ0n) is 18.8. The maximum absolute atomic E-state index is 12.8. The lowest BCUT2D eigenvalue weighted by molar-refractivity contribution is 0.589. The molecule has 1 saturated heterocycles. The predicted octanol–water partition coefficient (Wildman–Crippen LogP) is 3.20. The molecular formula is C25H27FN6OS. The van der Waals surface area contributed by atoms with Crippen LogP contribution in [0.3, 0.4) is 0 Å². The summed E-state index contributed by atoms with van der Waals surface area (Å²) in [5.41, 5.74) is 9.14. The van der Waals surface area contributed by atoms with E-state index in [2.05, 4.69) is 63.8 Å². The Hall–Kier alpha value is -3.27. The zero-order valence-corrected chi connectivity index (χ0v) is 19.6. The van der Waals surface area contributed by atoms with Gasteiger partial charge in [0.15, 0.2) is 0 Å². The fourth-order valence-corrected chi connectivity index (χ4v) is 5.28. The van der Waals surface area contributed by atoms with Crippen LogP contribution >= 0.6 is 11.3 Å². The van der Waals surface area contributed by atoms with E-state index in [0.29, 0.717) is 18.4 Å². The number of thiophene rings is 1. The SMILES string of the molecule is NC/C(=C\F)Cn1ncn(Cc2cc3cc(-c4ccc(N5CCNCC5)cc4)ccc3s2)c1=O. The number of nitrogens with zero attached hydrogens (tertiary/aromatic N) is 4. The van der Waals surface area contributed by atoms with Crippen LogP contribution in [-0.2, 0) is 13.1 Å². The van der Waals surface area contributed by atoms with E-state index in [1.165, 1.54) is 37.1 Å². The molecule has 5 rings (SSSR count). The van der Waals surface area contributed by atoms with Crippen LogP contribution in [0.4, 0.5) is 10.1 Å². The predicted molar refractivity (Wildman–Crippen MR) is 136 cm³/mol. The van der Waals surface area contributed by atoms with Crippen molar-refractivity contribution in [3.63, 3.8) is 0 Å². The minimum atomic E-state index is -0.282. The van der Waals surface area contributed by atoms with Crippen molar-refractivity contribution in [1.82, 2.24) is 19.7 Å². The summed E-state index contributed by atoms with van der Waals surface area (Å²) in [6.07, 6.45) is 1.93. The second-order valence-corrected chi connectivity index (χ2v) is 9.59. The second kappa shape index (κ2) is 9.92. The summed E-state index contributed by atoms with van der Waals surface area (Å²) in [7, 11) is 0. The van der Waals surface area contributed by atoms with Crippen LogP contribution in [-0.4, -0.2) is 47.1 Å². The highest BCUT2D eigenvalue weighted by Crippen LogP contribution is 2.31. The van der Waals surface area contributed by atoms with Crippen LogP contribution in [0.15, 0.2) is 71.6 Å². The molecule has 0 saturated carbocycles. The Morgan fingerprint density at radius 1 is 1.12 bits per heavy atom. The van der Waals surface area contributed by atoms with Crippen molar-refractivity contribution in [2.45, 2.75) is 13.1 Å². The average molecular weight is 479 g/mol. The second-order valence-electron chi connectivity index (χ2n) is 8.42. The molecule has 3 N–H and O–H groups in total. The molecule has 0 aliphatic carbocycles. The Morgan fingerprint density at radius 3 is 2.62 bits per heavy atom. The molecule has 0 unspecified atom stereocenters. The van der Waals surface area contributed by atoms with Gasteiger partial charge in [0.25, 0.3) is 0 Å². The maximum Gasteiger partial charge on any atom is 0.346 e. The number of hydrogen-bond donors (Lipinski definition) is 2. The van der Waals surface area contributed by atoms with Gasteiger partial charge in [-0.2, -0.15) is 5.10 Å². The van der Waals surface area contributed by atoms with Crippen LogP contribution in [0.2, 0.25) is 0 Å². The molecular weight excluding hydrogens is 451 g/mol. The summed E-state index contributed by atoms with van der Waals surface area (Å²) in [5.74, 6) is 0. The lowest BCUT2D eigenvalue weighted by Gasteiger charge is -2.29. The Balaban J connectivity index is 1.33. The number of fused-ring (bicyclic) bond motifs is 1. The summed E-state index contributed by atoms with van der Waals surface area (Å²) in [6.45, 7) is 4.64. The number of piperazine rings is 1. The molecule has 0 bridgehead atoms. The van der Waals surface area contributed by atoms with Crippen molar-refractivity contribution < 1.29 is 4.39 Å². The third-order valence-corrected chi connectivity index (χ3v) is 7.24. The van der Waals surface area contributed by atoms with Crippen molar-refractivity contribution in [2.24, 2.45) is 5.73 Å². The van der Waals surface area contributed by atoms with E-state index < -0.39 is 0 Å². The molecule has 2 aromatic heterocycles. The quantitative estimate of drug-likeness (QED) is 0.426. The minimum absolute atomic E-state index is 0.0485. The molecule has 1 aliphatic heterocycles. The van der Waals surface area contributed by atoms with Crippen molar-refractivity contribution in [1.29, 1.82) is 0 Å². The van der Waals surface area contributed by atoms with Gasteiger partial charge in [0.2, 0.25) is 0 Å². The summed E-state index contributed by atoms with van der Waals surface area (Å²) < 4.78 is 16.7. The number of benzene rings is 2. The van der Waals surface area contributed by atoms with E-state index in [-0.39, 0.29) is 18.8 Å². The van der Waals surface area contributed by atoms with Gasteiger partial charge in [0.1, 0.15) is 6.33 Å². The first kappa shape index (κ1) is 22.5. The number of hydrogen-bond acceptors (Lipinski definition) is 6. The summed E-state index contributed by atoms with van der Waals surface area (Å²) in [4.78, 5) is 16.1. The van der Waals surface area contributed by atoms with Crippen LogP contribution in [0.5, 0.6) is 0 Å². The number of nitrogens with two attached hydrogens (primary N) is 1. The Bertz CT molecular complexity index is 1360. The van der Waals surface area contributed by atoms with Crippen molar-refractivity contribution in [2.75, 3.05) is 37.6 Å². The first-order chi connectivity index (χ1) is 16.6. The third-order valence-electron chi connectivity index (χ3n) is 6.14. The first-order valence-electron chi connectivity index (χ1n) is 11.3. The minimum Gasteiger partial charge on any atom is -0.369 e. The van der Waals surface area contributed by atoms with Crippen LogP contribution in [0, 0.1) is 0 Å². The smallest absolute Gasteiger partial charge is 0.346 e. The van der Waals surface area contributed by atoms with Gasteiger partial charge >= 0.3 is 5.69 Å². The van der Waals surface area contributed by atoms with Crippen molar-refractivity contribution >= 4 is 27.1 Å². The van der Waals surface area contributed by atoms with E-state index in [1.807, 2.05) is 0 Å². The number of aromatic nitrogens is 3. The van der Waals surface area contributed by atoms with Gasteiger partial charge < -0.3 is 16.0 Å². The van der Waals surface area contributed by atoms with Gasteiger partial charge in [-0.25, -0.2) is 13.9 Å². The topological polar surface area (TPSA) is 81.1 Å². The van der Waals surface area contributed by atoms with Crippen molar-refractivity contribution in [3.8, 4) is 11.1 Å². The number of anilines is 1. The highest BCUT2D eigenvalue weighted by molar-refractivity contribution is 7.19. The van der Waals surface area contributed by atoms with Crippen LogP contribution in [0.1, 0.15) is 4.88 Å². The first-order valence-corrected chi connectivity index (χ1v) is 12.2. The molecule has 0 atom stereocenters. The highest BCUT2D eigenvalue weighted by atomic mass is 32.1. The standard InChI is InChI=1S/C25H27FN6OS/c26-13-18(14-27)15-32-25(33)31(17-29-32)16-23-12-21-11-20(3-6-24(21)34-23)19-1-4-22(5-2-19)30-9-7-28-8-10-30/h1-6,11-13,17,28H,7-10,14-16,27H2/b18-13+. The van der Waals surface area contributed by atoms with E-state index in [9.17, 15) is 9.18 Å². The third kappa shape index (κ3) is 4.68. The normalized spacial score (nSPS) is 14.8. The van der Waals surface area contributed by atoms with E-state index >= 15 is 0 Å². The highest BCUT2D eigenvalue weighted by Gasteiger charge is 2.12. The fraction of sp³-hybridized carbons (Fsp3) is 0.280. The number of rotatable bonds is 7. The Kier molecular flexibility index (Phi) is 6.57. The monoisotopic (exact) mass is 478 g/mol. The van der Waals surface area contributed by atoms with Gasteiger partial charge in [0.05, 0.1) is 19.4 Å². The largest absolute Gasteiger partial charge is 0.369 e. The van der Waals surface area contributed by atoms with Gasteiger partial charge in [-0.15, -0.1) is 11.3 Å². The Morgan fingerprint density at radius 2 is 1.88 bits per heavy atom. The van der Waals surface area contributed by atoms with E-state index in [4.69, 9.17) is 5.73 Å². The van der Waals surface area contributed by atoms with Crippen LogP contribution in [0.25, 0.3) is 21.2 Å². The Labute approximate surface area is 200 Å². The molecule has 1 fully saturated rings. The summed E-state index contributed by atoms with van der Waals surface area (Å²) in [5, 5.41) is 8.63. The molecule has 0 radical (unpaired) electrons. The molecule has 1 aliphatic rings. The molecule has 34 heavy (non-hydrogen) atoms. The molecule has 0 amide bonds. The number of halogens is 1. The fourth-order valence-electron chi connectivity index (χ4n) is 4.24. The molecule has 2 aromatic carbocycles. The zero-order chi connectivity index (χ0) is 23.5. The molecule has 4 aromatic rings. The van der Waals surface area contributed by atoms with Gasteiger partial charge in [0, 0.05) is 48.0 Å². The van der Waals surface area contributed by atoms with Gasteiger partial charge in [-0.05, 0) is 52.4 Å². The molecule has 0 spiro atoms. The molecule has 3 heterocycles. The molecule has 176 valence electrons. The van der Waals surface area contributed by atoms with Crippen LogP contribution < -0.4 is 21.6 Å². The number of nitrogens with one attached hydrogen (secondary N) is 1. The van der Waals surface area contributed by atoms with Crippen molar-refractivity contribution in [3.05, 3.63) is 82.1 Å².